The minimum absolute atomic E-state index is 0.270. The second kappa shape index (κ2) is 9.80. The second-order valence-electron chi connectivity index (χ2n) is 7.52. The van der Waals surface area contributed by atoms with Gasteiger partial charge in [0.2, 0.25) is 0 Å². The van der Waals surface area contributed by atoms with Crippen LogP contribution in [0.1, 0.15) is 22.5 Å². The Balaban J connectivity index is 1.44. The molecule has 170 valence electrons. The molecule has 0 aliphatic carbocycles. The summed E-state index contributed by atoms with van der Waals surface area (Å²) in [4.78, 5) is 0. The van der Waals surface area contributed by atoms with Gasteiger partial charge in [0.25, 0.3) is 0 Å². The summed E-state index contributed by atoms with van der Waals surface area (Å²) in [5, 5.41) is 15.6. The number of rotatable bonds is 6. The predicted octanol–water partition coefficient (Wildman–Crippen LogP) is 5.64. The van der Waals surface area contributed by atoms with Crippen molar-refractivity contribution < 1.29 is 8.78 Å². The molecule has 10 heteroatoms. The van der Waals surface area contributed by atoms with Crippen LogP contribution in [0.25, 0.3) is 0 Å². The van der Waals surface area contributed by atoms with Gasteiger partial charge in [-0.25, -0.2) is 8.78 Å². The van der Waals surface area contributed by atoms with Crippen molar-refractivity contribution in [1.82, 2.24) is 19.6 Å². The van der Waals surface area contributed by atoms with Crippen LogP contribution in [0.3, 0.4) is 0 Å². The number of thiocarbonyl (C=S) groups is 1. The Labute approximate surface area is 203 Å². The third-order valence-corrected chi connectivity index (χ3v) is 5.89. The molecule has 2 aromatic carbocycles. The Kier molecular flexibility index (Phi) is 6.85. The average molecular weight is 531 g/mol. The molecule has 0 spiro atoms. The van der Waals surface area contributed by atoms with E-state index in [1.54, 1.807) is 41.2 Å². The highest BCUT2D eigenvalue weighted by atomic mass is 79.9. The number of anilines is 2. The Bertz CT molecular complexity index is 1300. The first-order valence-corrected chi connectivity index (χ1v) is 11.3. The van der Waals surface area contributed by atoms with Gasteiger partial charge in [-0.2, -0.15) is 10.2 Å². The molecule has 2 N–H and O–H groups in total. The van der Waals surface area contributed by atoms with Crippen molar-refractivity contribution >= 4 is 44.8 Å². The van der Waals surface area contributed by atoms with Crippen molar-refractivity contribution in [3.05, 3.63) is 93.3 Å². The zero-order valence-corrected chi connectivity index (χ0v) is 20.3. The summed E-state index contributed by atoms with van der Waals surface area (Å²) in [6.45, 7) is 4.63. The molecular weight excluding hydrogens is 510 g/mol. The van der Waals surface area contributed by atoms with Crippen molar-refractivity contribution in [2.24, 2.45) is 0 Å². The molecule has 0 aliphatic rings. The summed E-state index contributed by atoms with van der Waals surface area (Å²) >= 11 is 8.95. The maximum Gasteiger partial charge on any atom is 0.176 e. The Morgan fingerprint density at radius 2 is 1.73 bits per heavy atom. The number of benzene rings is 2. The Hall–Kier alpha value is -3.11. The largest absolute Gasteiger partial charge is 0.329 e. The van der Waals surface area contributed by atoms with E-state index in [2.05, 4.69) is 36.8 Å². The molecule has 4 rings (SSSR count). The van der Waals surface area contributed by atoms with Gasteiger partial charge in [-0.1, -0.05) is 30.3 Å². The number of hydrogen-bond acceptors (Lipinski definition) is 3. The van der Waals surface area contributed by atoms with Crippen LogP contribution < -0.4 is 10.6 Å². The molecule has 0 bridgehead atoms. The molecule has 0 unspecified atom stereocenters. The van der Waals surface area contributed by atoms with Gasteiger partial charge in [0.15, 0.2) is 10.9 Å². The van der Waals surface area contributed by atoms with E-state index >= 15 is 0 Å². The van der Waals surface area contributed by atoms with Gasteiger partial charge in [0, 0.05) is 11.8 Å². The highest BCUT2D eigenvalue weighted by Crippen LogP contribution is 2.24. The fraction of sp³-hybridized carbons (Fsp3) is 0.174. The summed E-state index contributed by atoms with van der Waals surface area (Å²) in [5.74, 6) is -0.0364. The number of nitrogens with one attached hydrogen (secondary N) is 2. The number of aromatic nitrogens is 4. The van der Waals surface area contributed by atoms with E-state index in [-0.39, 0.29) is 11.6 Å². The lowest BCUT2D eigenvalue weighted by Gasteiger charge is -2.10. The topological polar surface area (TPSA) is 59.7 Å². The Morgan fingerprint density at radius 1 is 1.00 bits per heavy atom. The third kappa shape index (κ3) is 5.45. The molecule has 0 amide bonds. The standard InChI is InChI=1S/C23H21BrF2N6S/c1-14-21(15(2)32(29-14)11-16-7-9-18(25)10-8-16)27-23(33)28-22-19(24)13-31(30-22)12-17-5-3-4-6-20(17)26/h3-10,13H,11-12H2,1-2H3,(H2,27,28,30,33). The molecule has 0 saturated carbocycles. The maximum atomic E-state index is 13.9. The van der Waals surface area contributed by atoms with Crippen LogP contribution >= 0.6 is 28.1 Å². The van der Waals surface area contributed by atoms with Gasteiger partial charge in [0.05, 0.1) is 34.6 Å². The van der Waals surface area contributed by atoms with Gasteiger partial charge in [-0.15, -0.1) is 0 Å². The minimum atomic E-state index is -0.278. The van der Waals surface area contributed by atoms with Crippen molar-refractivity contribution in [3.63, 3.8) is 0 Å². The van der Waals surface area contributed by atoms with E-state index in [4.69, 9.17) is 12.2 Å². The molecule has 0 aliphatic heterocycles. The van der Waals surface area contributed by atoms with Crippen LogP contribution in [-0.2, 0) is 13.1 Å². The first-order valence-electron chi connectivity index (χ1n) is 10.1. The highest BCUT2D eigenvalue weighted by molar-refractivity contribution is 9.10. The normalized spacial score (nSPS) is 10.9. The van der Waals surface area contributed by atoms with Crippen molar-refractivity contribution in [2.45, 2.75) is 26.9 Å². The molecule has 0 atom stereocenters. The fourth-order valence-electron chi connectivity index (χ4n) is 3.41. The van der Waals surface area contributed by atoms with Gasteiger partial charge >= 0.3 is 0 Å². The van der Waals surface area contributed by atoms with Crippen LogP contribution in [0, 0.1) is 25.5 Å². The van der Waals surface area contributed by atoms with Crippen LogP contribution in [0.2, 0.25) is 0 Å². The summed E-state index contributed by atoms with van der Waals surface area (Å²) in [6.07, 6.45) is 1.76. The van der Waals surface area contributed by atoms with E-state index in [0.717, 1.165) is 22.6 Å². The average Bonchev–Trinajstić information content (AvgIpc) is 3.24. The van der Waals surface area contributed by atoms with Crippen LogP contribution in [0.5, 0.6) is 0 Å². The third-order valence-electron chi connectivity index (χ3n) is 5.10. The zero-order chi connectivity index (χ0) is 23.5. The molecule has 0 radical (unpaired) electrons. The van der Waals surface area contributed by atoms with Crippen LogP contribution in [-0.4, -0.2) is 24.7 Å². The quantitative estimate of drug-likeness (QED) is 0.316. The molecule has 2 heterocycles. The lowest BCUT2D eigenvalue weighted by Crippen LogP contribution is -2.20. The first kappa shape index (κ1) is 23.1. The first-order chi connectivity index (χ1) is 15.8. The molecule has 0 saturated heterocycles. The second-order valence-corrected chi connectivity index (χ2v) is 8.79. The van der Waals surface area contributed by atoms with Crippen LogP contribution in [0.15, 0.2) is 59.2 Å². The number of hydrogen-bond donors (Lipinski definition) is 2. The van der Waals surface area contributed by atoms with Gasteiger partial charge in [-0.3, -0.25) is 9.36 Å². The van der Waals surface area contributed by atoms with Gasteiger partial charge in [-0.05, 0) is 65.8 Å². The van der Waals surface area contributed by atoms with Crippen LogP contribution in [0.4, 0.5) is 20.3 Å². The molecule has 33 heavy (non-hydrogen) atoms. The lowest BCUT2D eigenvalue weighted by molar-refractivity contribution is 0.586. The van der Waals surface area contributed by atoms with Crippen molar-refractivity contribution in [1.29, 1.82) is 0 Å². The van der Waals surface area contributed by atoms with E-state index in [1.165, 1.54) is 18.2 Å². The molecule has 2 aromatic heterocycles. The lowest BCUT2D eigenvalue weighted by atomic mass is 10.2. The van der Waals surface area contributed by atoms with E-state index in [0.29, 0.717) is 34.1 Å². The summed E-state index contributed by atoms with van der Waals surface area (Å²) in [5.41, 5.74) is 3.95. The number of halogens is 3. The number of nitrogens with zero attached hydrogens (tertiary/aromatic N) is 4. The van der Waals surface area contributed by atoms with Crippen molar-refractivity contribution in [3.8, 4) is 0 Å². The van der Waals surface area contributed by atoms with Gasteiger partial charge in [0.1, 0.15) is 11.6 Å². The minimum Gasteiger partial charge on any atom is -0.329 e. The smallest absolute Gasteiger partial charge is 0.176 e. The summed E-state index contributed by atoms with van der Waals surface area (Å²) in [7, 11) is 0. The van der Waals surface area contributed by atoms with E-state index in [1.807, 2.05) is 18.5 Å². The van der Waals surface area contributed by atoms with Crippen molar-refractivity contribution in [2.75, 3.05) is 10.6 Å². The maximum absolute atomic E-state index is 13.9. The number of aryl methyl sites for hydroxylation is 1. The fourth-order valence-corrected chi connectivity index (χ4v) is 4.02. The monoisotopic (exact) mass is 530 g/mol. The van der Waals surface area contributed by atoms with E-state index < -0.39 is 0 Å². The van der Waals surface area contributed by atoms with Gasteiger partial charge < -0.3 is 10.6 Å². The van der Waals surface area contributed by atoms with E-state index in [9.17, 15) is 8.78 Å². The Morgan fingerprint density at radius 3 is 2.45 bits per heavy atom. The summed E-state index contributed by atoms with van der Waals surface area (Å²) in [6, 6.07) is 12.9. The predicted molar refractivity (Wildman–Crippen MR) is 132 cm³/mol. The highest BCUT2D eigenvalue weighted by Gasteiger charge is 2.15. The zero-order valence-electron chi connectivity index (χ0n) is 17.9. The molecule has 4 aromatic rings. The SMILES string of the molecule is Cc1nn(Cc2ccc(F)cc2)c(C)c1NC(=S)Nc1nn(Cc2ccccc2F)cc1Br. The molecule has 0 fully saturated rings. The molecular formula is C23H21BrF2N6S. The summed E-state index contributed by atoms with van der Waals surface area (Å²) < 4.78 is 31.3. The molecule has 6 nitrogen and oxygen atoms in total.